The van der Waals surface area contributed by atoms with E-state index in [9.17, 15) is 5.11 Å². The number of ether oxygens (including phenoxy) is 1. The van der Waals surface area contributed by atoms with Gasteiger partial charge in [-0.2, -0.15) is 4.98 Å². The molecule has 1 aromatic carbocycles. The third kappa shape index (κ3) is 4.42. The Bertz CT molecular complexity index is 1540. The molecular formula is C32H40FN7O2. The molecule has 2 bridgehead atoms. The fraction of sp³-hybridized carbons (Fsp3) is 0.531. The van der Waals surface area contributed by atoms with Gasteiger partial charge in [0.15, 0.2) is 0 Å². The normalized spacial score (nSPS) is 28.2. The summed E-state index contributed by atoms with van der Waals surface area (Å²) in [7, 11) is 2.15. The summed E-state index contributed by atoms with van der Waals surface area (Å²) in [6.07, 6.45) is 3.71. The number of hydrogen-bond donors (Lipinski definition) is 2. The van der Waals surface area contributed by atoms with Crippen molar-refractivity contribution in [2.24, 2.45) is 0 Å². The second-order valence-corrected chi connectivity index (χ2v) is 13.9. The zero-order valence-electron chi connectivity index (χ0n) is 25.2. The van der Waals surface area contributed by atoms with E-state index in [1.165, 1.54) is 6.07 Å². The van der Waals surface area contributed by atoms with Crippen molar-refractivity contribution in [1.29, 1.82) is 0 Å². The van der Waals surface area contributed by atoms with Gasteiger partial charge in [0.2, 0.25) is 5.95 Å². The topological polar surface area (TPSA) is 89.9 Å². The van der Waals surface area contributed by atoms with E-state index in [4.69, 9.17) is 14.7 Å². The number of aliphatic hydroxyl groups is 1. The van der Waals surface area contributed by atoms with E-state index in [-0.39, 0.29) is 22.9 Å². The molecule has 4 atom stereocenters. The Kier molecular flexibility index (Phi) is 6.11. The first-order chi connectivity index (χ1) is 19.8. The zero-order chi connectivity index (χ0) is 29.6. The average molecular weight is 574 g/mol. The van der Waals surface area contributed by atoms with Gasteiger partial charge in [0.1, 0.15) is 23.1 Å². The summed E-state index contributed by atoms with van der Waals surface area (Å²) in [5.74, 6) is 1.60. The van der Waals surface area contributed by atoms with Crippen LogP contribution >= 0.6 is 0 Å². The number of likely N-dealkylation sites (N-methyl/N-ethyl adjacent to an activating group) is 1. The van der Waals surface area contributed by atoms with Crippen molar-refractivity contribution in [3.05, 3.63) is 59.7 Å². The lowest BCUT2D eigenvalue weighted by Gasteiger charge is -2.46. The van der Waals surface area contributed by atoms with E-state index >= 15 is 4.39 Å². The van der Waals surface area contributed by atoms with Crippen LogP contribution in [0.25, 0.3) is 0 Å². The van der Waals surface area contributed by atoms with E-state index in [2.05, 4.69) is 52.8 Å². The van der Waals surface area contributed by atoms with Gasteiger partial charge in [0.25, 0.3) is 0 Å². The second-order valence-electron chi connectivity index (χ2n) is 13.9. The Morgan fingerprint density at radius 1 is 1.10 bits per heavy atom. The van der Waals surface area contributed by atoms with Crippen LogP contribution in [0.4, 0.5) is 33.3 Å². The van der Waals surface area contributed by atoms with E-state index < -0.39 is 5.60 Å². The summed E-state index contributed by atoms with van der Waals surface area (Å²) in [5, 5.41) is 14.0. The van der Waals surface area contributed by atoms with Crippen LogP contribution in [-0.2, 0) is 15.8 Å². The summed E-state index contributed by atoms with van der Waals surface area (Å²) < 4.78 is 21.7. The monoisotopic (exact) mass is 573 g/mol. The number of benzene rings is 1. The van der Waals surface area contributed by atoms with Crippen LogP contribution in [0, 0.1) is 5.82 Å². The highest BCUT2D eigenvalue weighted by molar-refractivity contribution is 5.71. The second kappa shape index (κ2) is 9.33. The number of piperazine rings is 1. The predicted octanol–water partition coefficient (Wildman–Crippen LogP) is 4.85. The van der Waals surface area contributed by atoms with Crippen LogP contribution in [0.15, 0.2) is 42.6 Å². The number of nitrogens with zero attached hydrogens (tertiary/aromatic N) is 6. The molecule has 10 heteroatoms. The summed E-state index contributed by atoms with van der Waals surface area (Å²) in [4.78, 5) is 21.3. The van der Waals surface area contributed by atoms with E-state index in [0.29, 0.717) is 47.5 Å². The molecule has 4 aliphatic rings. The summed E-state index contributed by atoms with van der Waals surface area (Å²) >= 11 is 0. The van der Waals surface area contributed by atoms with Crippen LogP contribution in [-0.4, -0.2) is 75.4 Å². The van der Waals surface area contributed by atoms with Gasteiger partial charge in [-0.15, -0.1) is 0 Å². The van der Waals surface area contributed by atoms with Crippen molar-refractivity contribution in [2.45, 2.75) is 82.2 Å². The summed E-state index contributed by atoms with van der Waals surface area (Å²) in [5.41, 5.74) is 1.05. The largest absolute Gasteiger partial charge is 0.384 e. The minimum absolute atomic E-state index is 0.0249. The molecule has 9 nitrogen and oxygen atoms in total. The van der Waals surface area contributed by atoms with Crippen molar-refractivity contribution in [3.8, 4) is 0 Å². The molecule has 0 radical (unpaired) electrons. The number of likely N-dealkylation sites (tertiary alicyclic amines) is 1. The van der Waals surface area contributed by atoms with E-state index in [0.717, 1.165) is 37.3 Å². The molecule has 0 spiro atoms. The Hall–Kier alpha value is -3.34. The predicted molar refractivity (Wildman–Crippen MR) is 161 cm³/mol. The van der Waals surface area contributed by atoms with Gasteiger partial charge in [0.05, 0.1) is 29.6 Å². The Labute approximate surface area is 246 Å². The van der Waals surface area contributed by atoms with Gasteiger partial charge in [0, 0.05) is 48.0 Å². The quantitative estimate of drug-likeness (QED) is 0.445. The van der Waals surface area contributed by atoms with E-state index in [1.54, 1.807) is 13.8 Å². The van der Waals surface area contributed by atoms with Gasteiger partial charge >= 0.3 is 0 Å². The van der Waals surface area contributed by atoms with Gasteiger partial charge in [-0.3, -0.25) is 4.90 Å². The molecule has 3 fully saturated rings. The Balaban J connectivity index is 1.22. The van der Waals surface area contributed by atoms with Gasteiger partial charge in [-0.25, -0.2) is 14.4 Å². The lowest BCUT2D eigenvalue weighted by atomic mass is 9.73. The smallest absolute Gasteiger partial charge is 0.229 e. The maximum absolute atomic E-state index is 15.4. The first-order valence-electron chi connectivity index (χ1n) is 14.9. The van der Waals surface area contributed by atoms with Crippen LogP contribution in [0.2, 0.25) is 0 Å². The summed E-state index contributed by atoms with van der Waals surface area (Å²) in [6, 6.07) is 11.9. The van der Waals surface area contributed by atoms with Crippen LogP contribution in [0.3, 0.4) is 0 Å². The van der Waals surface area contributed by atoms with Crippen molar-refractivity contribution in [3.63, 3.8) is 0 Å². The molecule has 4 aliphatic heterocycles. The number of nitrogens with one attached hydrogen (secondary N) is 1. The van der Waals surface area contributed by atoms with Gasteiger partial charge < -0.3 is 25.0 Å². The molecule has 6 heterocycles. The number of anilines is 5. The molecule has 0 aliphatic carbocycles. The van der Waals surface area contributed by atoms with Crippen LogP contribution in [0.1, 0.15) is 58.7 Å². The minimum atomic E-state index is -1.09. The SMILES string of the molecule is CN1C[C@H]2C[C@@H]1CN2c1ccc(Nc2ncc3c(n2)N(c2cccc(C(C)(C)O)n2)[C@H]2CC(C)(C)OCC32C)cc1F. The average Bonchev–Trinajstić information content (AvgIpc) is 3.57. The molecule has 1 unspecified atom stereocenters. The number of hydrogen-bond acceptors (Lipinski definition) is 9. The standard InChI is InChI=1S/C32H40FN7O2/c1-30(2)14-26-32(5,18-42-30)22-15-34-29(37-28(22)40(26)27-9-7-8-25(36-27)31(3,4)41)35-19-10-11-24(23(33)12-19)39-17-20-13-21(39)16-38(20)6/h7-12,15,20-21,26,41H,13-14,16-18H2,1-6H3,(H,34,35,37)/t20-,21-,26+,32?/m1/s1. The van der Waals surface area contributed by atoms with E-state index in [1.807, 2.05) is 36.5 Å². The molecule has 3 saturated heterocycles. The molecule has 2 aromatic heterocycles. The molecule has 7 rings (SSSR count). The highest BCUT2D eigenvalue weighted by Crippen LogP contribution is 2.53. The molecule has 0 saturated carbocycles. The third-order valence-electron chi connectivity index (χ3n) is 9.74. The van der Waals surface area contributed by atoms with Crippen molar-refractivity contribution >= 4 is 29.0 Å². The Morgan fingerprint density at radius 3 is 2.60 bits per heavy atom. The number of aromatic nitrogens is 3. The van der Waals surface area contributed by atoms with Crippen LogP contribution in [0.5, 0.6) is 0 Å². The highest BCUT2D eigenvalue weighted by Gasteiger charge is 2.55. The fourth-order valence-corrected chi connectivity index (χ4v) is 7.27. The summed E-state index contributed by atoms with van der Waals surface area (Å²) in [6.45, 7) is 12.2. The number of halogens is 1. The maximum Gasteiger partial charge on any atom is 0.229 e. The third-order valence-corrected chi connectivity index (χ3v) is 9.74. The fourth-order valence-electron chi connectivity index (χ4n) is 7.27. The lowest BCUT2D eigenvalue weighted by Crippen LogP contribution is -2.54. The molecule has 3 aromatic rings. The maximum atomic E-state index is 15.4. The zero-order valence-corrected chi connectivity index (χ0v) is 25.2. The highest BCUT2D eigenvalue weighted by atomic mass is 19.1. The van der Waals surface area contributed by atoms with Crippen LogP contribution < -0.4 is 15.1 Å². The molecule has 0 amide bonds. The first-order valence-corrected chi connectivity index (χ1v) is 14.9. The number of rotatable bonds is 5. The van der Waals surface area contributed by atoms with Crippen molar-refractivity contribution < 1.29 is 14.2 Å². The lowest BCUT2D eigenvalue weighted by molar-refractivity contribution is -0.0893. The van der Waals surface area contributed by atoms with Crippen molar-refractivity contribution in [2.75, 3.05) is 41.9 Å². The van der Waals surface area contributed by atoms with Crippen molar-refractivity contribution in [1.82, 2.24) is 19.9 Å². The number of pyridine rings is 1. The van der Waals surface area contributed by atoms with Gasteiger partial charge in [-0.05, 0) is 77.9 Å². The molecular weight excluding hydrogens is 533 g/mol. The first kappa shape index (κ1) is 27.5. The molecule has 2 N–H and O–H groups in total. The Morgan fingerprint density at radius 2 is 1.90 bits per heavy atom. The molecule has 42 heavy (non-hydrogen) atoms. The minimum Gasteiger partial charge on any atom is -0.384 e. The number of fused-ring (bicyclic) bond motifs is 5. The van der Waals surface area contributed by atoms with Gasteiger partial charge in [-0.1, -0.05) is 13.0 Å². The molecule has 222 valence electrons.